The van der Waals surface area contributed by atoms with Gasteiger partial charge in [-0.3, -0.25) is 4.79 Å². The van der Waals surface area contributed by atoms with Crippen molar-refractivity contribution in [1.29, 1.82) is 0 Å². The first kappa shape index (κ1) is 15.1. The maximum Gasteiger partial charge on any atom is 0.335 e. The van der Waals surface area contributed by atoms with E-state index in [-0.39, 0.29) is 12.4 Å². The fourth-order valence-corrected chi connectivity index (χ4v) is 2.55. The Balaban J connectivity index is 2.16. The van der Waals surface area contributed by atoms with Crippen LogP contribution in [0.4, 0.5) is 0 Å². The maximum atomic E-state index is 12.4. The van der Waals surface area contributed by atoms with Crippen molar-refractivity contribution >= 4 is 5.97 Å². The lowest BCUT2D eigenvalue weighted by atomic mass is 10.1. The van der Waals surface area contributed by atoms with Crippen molar-refractivity contribution in [2.75, 3.05) is 13.9 Å². The molecule has 0 aliphatic carbocycles. The molecule has 1 unspecified atom stereocenters. The van der Waals surface area contributed by atoms with Crippen molar-refractivity contribution in [2.45, 2.75) is 19.9 Å². The van der Waals surface area contributed by atoms with Gasteiger partial charge in [0.05, 0.1) is 12.8 Å². The molecule has 23 heavy (non-hydrogen) atoms. The molecule has 1 aromatic heterocycles. The zero-order chi connectivity index (χ0) is 16.6. The topological polar surface area (TPSA) is 79.7 Å². The Morgan fingerprint density at radius 1 is 1.26 bits per heavy atom. The van der Waals surface area contributed by atoms with Crippen LogP contribution in [0.5, 0.6) is 11.5 Å². The number of benzene rings is 1. The molecule has 0 spiro atoms. The predicted octanol–water partition coefficient (Wildman–Crippen LogP) is 1.35. The van der Waals surface area contributed by atoms with Crippen LogP contribution in [-0.4, -0.2) is 29.7 Å². The van der Waals surface area contributed by atoms with E-state index >= 15 is 0 Å². The van der Waals surface area contributed by atoms with Crippen LogP contribution in [0.3, 0.4) is 0 Å². The minimum absolute atomic E-state index is 0.128. The number of carbonyl (C=O) groups excluding carboxylic acids is 1. The summed E-state index contributed by atoms with van der Waals surface area (Å²) in [4.78, 5) is 24.7. The Morgan fingerprint density at radius 2 is 2.00 bits per heavy atom. The molecule has 0 fully saturated rings. The van der Waals surface area contributed by atoms with Crippen molar-refractivity contribution in [1.82, 2.24) is 9.78 Å². The van der Waals surface area contributed by atoms with E-state index < -0.39 is 12.0 Å². The minimum Gasteiger partial charge on any atom is -0.467 e. The standard InChI is InChI=1S/C16H16N2O5/c1-9-6-10(2)17-18(15(9)19)14(16(20)21-3)11-4-5-12-13(7-11)23-8-22-12/h4-7,14H,8H2,1-3H3. The monoisotopic (exact) mass is 316 g/mol. The van der Waals surface area contributed by atoms with Crippen molar-refractivity contribution in [3.63, 3.8) is 0 Å². The van der Waals surface area contributed by atoms with Crippen molar-refractivity contribution < 1.29 is 19.0 Å². The molecule has 0 bridgehead atoms. The number of aromatic nitrogens is 2. The molecule has 0 radical (unpaired) electrons. The van der Waals surface area contributed by atoms with Gasteiger partial charge in [0.2, 0.25) is 6.79 Å². The number of hydrogen-bond donors (Lipinski definition) is 0. The Kier molecular flexibility index (Phi) is 3.77. The molecule has 0 amide bonds. The molecular formula is C16H16N2O5. The van der Waals surface area contributed by atoms with Crippen LogP contribution >= 0.6 is 0 Å². The zero-order valence-electron chi connectivity index (χ0n) is 13.0. The van der Waals surface area contributed by atoms with Gasteiger partial charge in [0, 0.05) is 5.56 Å². The van der Waals surface area contributed by atoms with Crippen molar-refractivity contribution in [3.8, 4) is 11.5 Å². The van der Waals surface area contributed by atoms with Gasteiger partial charge in [-0.05, 0) is 37.6 Å². The number of esters is 1. The summed E-state index contributed by atoms with van der Waals surface area (Å²) in [5.74, 6) is 0.537. The molecule has 120 valence electrons. The molecule has 2 heterocycles. The second-order valence-electron chi connectivity index (χ2n) is 5.26. The summed E-state index contributed by atoms with van der Waals surface area (Å²) in [6, 6.07) is 5.74. The molecule has 0 saturated heterocycles. The first-order valence-corrected chi connectivity index (χ1v) is 7.05. The number of carbonyl (C=O) groups is 1. The van der Waals surface area contributed by atoms with E-state index in [1.807, 2.05) is 0 Å². The number of aryl methyl sites for hydroxylation is 2. The summed E-state index contributed by atoms with van der Waals surface area (Å²) in [5.41, 5.74) is 1.34. The minimum atomic E-state index is -0.986. The van der Waals surface area contributed by atoms with Gasteiger partial charge < -0.3 is 14.2 Å². The molecule has 7 heteroatoms. The molecule has 2 aromatic rings. The quantitative estimate of drug-likeness (QED) is 0.795. The lowest BCUT2D eigenvalue weighted by Gasteiger charge is -2.18. The summed E-state index contributed by atoms with van der Waals surface area (Å²) >= 11 is 0. The molecule has 1 aliphatic rings. The Morgan fingerprint density at radius 3 is 2.74 bits per heavy atom. The molecule has 7 nitrogen and oxygen atoms in total. The number of hydrogen-bond acceptors (Lipinski definition) is 6. The molecule has 1 atom stereocenters. The van der Waals surface area contributed by atoms with E-state index in [2.05, 4.69) is 5.10 Å². The molecule has 0 saturated carbocycles. The van der Waals surface area contributed by atoms with Gasteiger partial charge in [0.1, 0.15) is 0 Å². The number of ether oxygens (including phenoxy) is 3. The molecule has 1 aliphatic heterocycles. The third-order valence-electron chi connectivity index (χ3n) is 3.62. The molecule has 1 aromatic carbocycles. The van der Waals surface area contributed by atoms with Gasteiger partial charge in [-0.1, -0.05) is 6.07 Å². The smallest absolute Gasteiger partial charge is 0.335 e. The SMILES string of the molecule is COC(=O)C(c1ccc2c(c1)OCO2)n1nc(C)cc(C)c1=O. The zero-order valence-corrected chi connectivity index (χ0v) is 13.0. The van der Waals surface area contributed by atoms with Gasteiger partial charge in [-0.25, -0.2) is 9.48 Å². The fraction of sp³-hybridized carbons (Fsp3) is 0.312. The third kappa shape index (κ3) is 2.65. The van der Waals surface area contributed by atoms with Crippen molar-refractivity contribution in [2.24, 2.45) is 0 Å². The van der Waals surface area contributed by atoms with E-state index in [1.54, 1.807) is 38.1 Å². The van der Waals surface area contributed by atoms with Crippen LogP contribution in [-0.2, 0) is 9.53 Å². The van der Waals surface area contributed by atoms with Gasteiger partial charge in [-0.2, -0.15) is 5.10 Å². The lowest BCUT2D eigenvalue weighted by molar-refractivity contribution is -0.143. The average molecular weight is 316 g/mol. The van der Waals surface area contributed by atoms with Gasteiger partial charge >= 0.3 is 5.97 Å². The Labute approximate surface area is 132 Å². The number of nitrogens with zero attached hydrogens (tertiary/aromatic N) is 2. The largest absolute Gasteiger partial charge is 0.467 e. The van der Waals surface area contributed by atoms with Gasteiger partial charge in [0.25, 0.3) is 5.56 Å². The summed E-state index contributed by atoms with van der Waals surface area (Å²) in [6.45, 7) is 3.57. The number of methoxy groups -OCH3 is 1. The van der Waals surface area contributed by atoms with Crippen LogP contribution in [0.2, 0.25) is 0 Å². The normalized spacial score (nSPS) is 13.7. The van der Waals surface area contributed by atoms with Crippen molar-refractivity contribution in [3.05, 3.63) is 51.4 Å². The van der Waals surface area contributed by atoms with Crippen LogP contribution in [0.25, 0.3) is 0 Å². The summed E-state index contributed by atoms with van der Waals surface area (Å²) < 4.78 is 16.6. The first-order valence-electron chi connectivity index (χ1n) is 7.05. The second-order valence-corrected chi connectivity index (χ2v) is 5.26. The lowest BCUT2D eigenvalue weighted by Crippen LogP contribution is -2.35. The van der Waals surface area contributed by atoms with Crippen LogP contribution in [0.15, 0.2) is 29.1 Å². The first-order chi connectivity index (χ1) is 11.0. The molecule has 3 rings (SSSR count). The van der Waals surface area contributed by atoms with Gasteiger partial charge in [-0.15, -0.1) is 0 Å². The third-order valence-corrected chi connectivity index (χ3v) is 3.62. The molecular weight excluding hydrogens is 300 g/mol. The highest BCUT2D eigenvalue weighted by Gasteiger charge is 2.28. The van der Waals surface area contributed by atoms with Crippen LogP contribution < -0.4 is 15.0 Å². The van der Waals surface area contributed by atoms with E-state index in [4.69, 9.17) is 14.2 Å². The average Bonchev–Trinajstić information content (AvgIpc) is 2.99. The van der Waals surface area contributed by atoms with E-state index in [9.17, 15) is 9.59 Å². The van der Waals surface area contributed by atoms with Crippen LogP contribution in [0, 0.1) is 13.8 Å². The summed E-state index contributed by atoms with van der Waals surface area (Å²) in [6.07, 6.45) is 0. The number of rotatable bonds is 3. The van der Waals surface area contributed by atoms with Crippen LogP contribution in [0.1, 0.15) is 22.9 Å². The highest BCUT2D eigenvalue weighted by Crippen LogP contribution is 2.35. The number of fused-ring (bicyclic) bond motifs is 1. The molecule has 0 N–H and O–H groups in total. The van der Waals surface area contributed by atoms with E-state index in [0.29, 0.717) is 28.3 Å². The van der Waals surface area contributed by atoms with Gasteiger partial charge in [0.15, 0.2) is 17.5 Å². The summed E-state index contributed by atoms with van der Waals surface area (Å²) in [5, 5.41) is 4.20. The Bertz CT molecular complexity index is 828. The van der Waals surface area contributed by atoms with E-state index in [0.717, 1.165) is 4.68 Å². The highest BCUT2D eigenvalue weighted by molar-refractivity contribution is 5.78. The predicted molar refractivity (Wildman–Crippen MR) is 80.7 cm³/mol. The maximum absolute atomic E-state index is 12.4. The summed E-state index contributed by atoms with van der Waals surface area (Å²) in [7, 11) is 1.27. The fourth-order valence-electron chi connectivity index (χ4n) is 2.55. The Hall–Kier alpha value is -2.83. The second kappa shape index (κ2) is 5.75. The van der Waals surface area contributed by atoms with E-state index in [1.165, 1.54) is 7.11 Å². The highest BCUT2D eigenvalue weighted by atomic mass is 16.7.